The Bertz CT molecular complexity index is 599. The van der Waals surface area contributed by atoms with E-state index in [4.69, 9.17) is 4.74 Å². The molecule has 1 amide bonds. The van der Waals surface area contributed by atoms with Crippen molar-refractivity contribution in [3.8, 4) is 0 Å². The summed E-state index contributed by atoms with van der Waals surface area (Å²) in [6.07, 6.45) is 1.96. The Kier molecular flexibility index (Phi) is 4.70. The summed E-state index contributed by atoms with van der Waals surface area (Å²) in [4.78, 5) is 16.1. The number of fused-ring (bicyclic) bond motifs is 1. The average Bonchev–Trinajstić information content (AvgIpc) is 2.95. The third kappa shape index (κ3) is 3.45. The summed E-state index contributed by atoms with van der Waals surface area (Å²) in [7, 11) is 0. The zero-order valence-electron chi connectivity index (χ0n) is 12.9. The summed E-state index contributed by atoms with van der Waals surface area (Å²) in [6, 6.07) is 8.17. The van der Waals surface area contributed by atoms with Crippen LogP contribution in [0.25, 0.3) is 5.52 Å². The predicted octanol–water partition coefficient (Wildman–Crippen LogP) is 1.01. The molecule has 0 N–H and O–H groups in total. The Morgan fingerprint density at radius 1 is 1.27 bits per heavy atom. The van der Waals surface area contributed by atoms with Crippen LogP contribution in [0.4, 0.5) is 0 Å². The van der Waals surface area contributed by atoms with E-state index in [-0.39, 0.29) is 12.5 Å². The van der Waals surface area contributed by atoms with E-state index in [9.17, 15) is 4.79 Å². The summed E-state index contributed by atoms with van der Waals surface area (Å²) < 4.78 is 7.09. The van der Waals surface area contributed by atoms with E-state index in [2.05, 4.69) is 22.1 Å². The lowest BCUT2D eigenvalue weighted by molar-refractivity contribution is -0.137. The Morgan fingerprint density at radius 3 is 2.82 bits per heavy atom. The number of amides is 1. The largest absolute Gasteiger partial charge is 0.372 e. The lowest BCUT2D eigenvalue weighted by atomic mass is 10.2. The van der Waals surface area contributed by atoms with Gasteiger partial charge in [0.05, 0.1) is 11.2 Å². The van der Waals surface area contributed by atoms with Gasteiger partial charge in [-0.25, -0.2) is 4.52 Å². The number of pyridine rings is 1. The normalized spacial score (nSPS) is 16.3. The highest BCUT2D eigenvalue weighted by Crippen LogP contribution is 2.10. The molecule has 3 heterocycles. The molecule has 0 unspecified atom stereocenters. The van der Waals surface area contributed by atoms with Gasteiger partial charge in [0.1, 0.15) is 6.61 Å². The van der Waals surface area contributed by atoms with Crippen molar-refractivity contribution in [3.05, 3.63) is 36.2 Å². The summed E-state index contributed by atoms with van der Waals surface area (Å²) >= 11 is 0. The van der Waals surface area contributed by atoms with Gasteiger partial charge >= 0.3 is 0 Å². The standard InChI is InChI=1S/C16H22N4O2/c1-2-22-13-16(21)19-9-7-18(8-10-19)12-14-11-15-5-3-4-6-20(15)17-14/h3-6,11H,2,7-10,12-13H2,1H3. The van der Waals surface area contributed by atoms with Crippen molar-refractivity contribution < 1.29 is 9.53 Å². The van der Waals surface area contributed by atoms with Gasteiger partial charge in [-0.05, 0) is 25.1 Å². The zero-order chi connectivity index (χ0) is 15.4. The topological polar surface area (TPSA) is 50.1 Å². The summed E-state index contributed by atoms with van der Waals surface area (Å²) in [5.74, 6) is 0.0919. The smallest absolute Gasteiger partial charge is 0.248 e. The van der Waals surface area contributed by atoms with E-state index in [0.717, 1.165) is 43.9 Å². The maximum absolute atomic E-state index is 11.9. The van der Waals surface area contributed by atoms with Crippen LogP contribution in [0.15, 0.2) is 30.5 Å². The fourth-order valence-electron chi connectivity index (χ4n) is 2.73. The second-order valence-electron chi connectivity index (χ2n) is 5.50. The van der Waals surface area contributed by atoms with Gasteiger partial charge in [0.25, 0.3) is 0 Å². The molecule has 0 saturated carbocycles. The van der Waals surface area contributed by atoms with E-state index in [0.29, 0.717) is 6.61 Å². The number of aromatic nitrogens is 2. The average molecular weight is 302 g/mol. The molecule has 2 aromatic heterocycles. The van der Waals surface area contributed by atoms with Crippen molar-refractivity contribution in [2.45, 2.75) is 13.5 Å². The molecule has 6 heteroatoms. The second-order valence-corrected chi connectivity index (χ2v) is 5.50. The first-order valence-electron chi connectivity index (χ1n) is 7.77. The minimum Gasteiger partial charge on any atom is -0.372 e. The van der Waals surface area contributed by atoms with Crippen molar-refractivity contribution in [1.82, 2.24) is 19.4 Å². The summed E-state index contributed by atoms with van der Waals surface area (Å²) in [5.41, 5.74) is 2.18. The van der Waals surface area contributed by atoms with Crippen LogP contribution in [-0.4, -0.2) is 64.7 Å². The first kappa shape index (κ1) is 15.0. The molecular weight excluding hydrogens is 280 g/mol. The van der Waals surface area contributed by atoms with Crippen molar-refractivity contribution >= 4 is 11.4 Å². The summed E-state index contributed by atoms with van der Waals surface area (Å²) in [6.45, 7) is 6.80. The molecule has 6 nitrogen and oxygen atoms in total. The summed E-state index contributed by atoms with van der Waals surface area (Å²) in [5, 5.41) is 4.58. The van der Waals surface area contributed by atoms with Gasteiger partial charge in [-0.2, -0.15) is 5.10 Å². The van der Waals surface area contributed by atoms with Crippen LogP contribution in [0, 0.1) is 0 Å². The molecule has 22 heavy (non-hydrogen) atoms. The molecule has 1 aliphatic rings. The monoisotopic (exact) mass is 302 g/mol. The number of carbonyl (C=O) groups excluding carboxylic acids is 1. The van der Waals surface area contributed by atoms with Crippen LogP contribution in [0.5, 0.6) is 0 Å². The van der Waals surface area contributed by atoms with E-state index in [1.54, 1.807) is 0 Å². The van der Waals surface area contributed by atoms with E-state index in [1.165, 1.54) is 0 Å². The molecule has 118 valence electrons. The van der Waals surface area contributed by atoms with Gasteiger partial charge in [0.2, 0.25) is 5.91 Å². The molecule has 0 atom stereocenters. The maximum Gasteiger partial charge on any atom is 0.248 e. The first-order chi connectivity index (χ1) is 10.8. The Hall–Kier alpha value is -1.92. The molecule has 0 aromatic carbocycles. The SMILES string of the molecule is CCOCC(=O)N1CCN(Cc2cc3ccccn3n2)CC1. The highest BCUT2D eigenvalue weighted by molar-refractivity contribution is 5.77. The number of piperazine rings is 1. The predicted molar refractivity (Wildman–Crippen MR) is 83.5 cm³/mol. The lowest BCUT2D eigenvalue weighted by Crippen LogP contribution is -2.49. The van der Waals surface area contributed by atoms with Gasteiger partial charge in [0, 0.05) is 45.5 Å². The number of nitrogens with zero attached hydrogens (tertiary/aromatic N) is 4. The highest BCUT2D eigenvalue weighted by Gasteiger charge is 2.21. The Balaban J connectivity index is 1.52. The molecule has 0 bridgehead atoms. The Morgan fingerprint density at radius 2 is 2.09 bits per heavy atom. The van der Waals surface area contributed by atoms with Crippen LogP contribution in [-0.2, 0) is 16.1 Å². The van der Waals surface area contributed by atoms with Crippen LogP contribution in [0.3, 0.4) is 0 Å². The van der Waals surface area contributed by atoms with Gasteiger partial charge < -0.3 is 9.64 Å². The molecular formula is C16H22N4O2. The number of hydrogen-bond acceptors (Lipinski definition) is 4. The minimum absolute atomic E-state index is 0.0919. The third-order valence-electron chi connectivity index (χ3n) is 3.96. The molecule has 2 aromatic rings. The zero-order valence-corrected chi connectivity index (χ0v) is 12.9. The second kappa shape index (κ2) is 6.89. The highest BCUT2D eigenvalue weighted by atomic mass is 16.5. The molecule has 1 fully saturated rings. The number of rotatable bonds is 5. The van der Waals surface area contributed by atoms with Gasteiger partial charge in [0.15, 0.2) is 0 Å². The van der Waals surface area contributed by atoms with Crippen molar-refractivity contribution in [3.63, 3.8) is 0 Å². The van der Waals surface area contributed by atoms with E-state index in [1.807, 2.05) is 34.7 Å². The number of hydrogen-bond donors (Lipinski definition) is 0. The van der Waals surface area contributed by atoms with E-state index < -0.39 is 0 Å². The third-order valence-corrected chi connectivity index (χ3v) is 3.96. The fourth-order valence-corrected chi connectivity index (χ4v) is 2.73. The number of ether oxygens (including phenoxy) is 1. The van der Waals surface area contributed by atoms with Gasteiger partial charge in [-0.1, -0.05) is 6.07 Å². The number of carbonyl (C=O) groups is 1. The van der Waals surface area contributed by atoms with Crippen LogP contribution in [0.2, 0.25) is 0 Å². The van der Waals surface area contributed by atoms with Crippen molar-refractivity contribution in [2.75, 3.05) is 39.4 Å². The van der Waals surface area contributed by atoms with Crippen molar-refractivity contribution in [2.24, 2.45) is 0 Å². The molecule has 3 rings (SSSR count). The quantitative estimate of drug-likeness (QED) is 0.827. The van der Waals surface area contributed by atoms with Crippen molar-refractivity contribution in [1.29, 1.82) is 0 Å². The van der Waals surface area contributed by atoms with Gasteiger partial charge in [-0.3, -0.25) is 9.69 Å². The minimum atomic E-state index is 0.0919. The van der Waals surface area contributed by atoms with Gasteiger partial charge in [-0.15, -0.1) is 0 Å². The van der Waals surface area contributed by atoms with E-state index >= 15 is 0 Å². The van der Waals surface area contributed by atoms with Crippen LogP contribution >= 0.6 is 0 Å². The lowest BCUT2D eigenvalue weighted by Gasteiger charge is -2.34. The fraction of sp³-hybridized carbons (Fsp3) is 0.500. The van der Waals surface area contributed by atoms with Crippen LogP contribution in [0.1, 0.15) is 12.6 Å². The molecule has 1 saturated heterocycles. The molecule has 0 aliphatic carbocycles. The van der Waals surface area contributed by atoms with Crippen LogP contribution < -0.4 is 0 Å². The molecule has 0 radical (unpaired) electrons. The maximum atomic E-state index is 11.9. The Labute approximate surface area is 130 Å². The molecule has 0 spiro atoms. The molecule has 1 aliphatic heterocycles. The first-order valence-corrected chi connectivity index (χ1v) is 7.77.